The zero-order chi connectivity index (χ0) is 22.7. The van der Waals surface area contributed by atoms with Crippen molar-refractivity contribution in [3.05, 3.63) is 23.3 Å². The third kappa shape index (κ3) is 3.57. The molecule has 4 saturated carbocycles. The Hall–Kier alpha value is -2.68. The SMILES string of the molecule is NC(=O)c1cc(-c2csc(NC(=O)C3CCCN3C(=O)C34CC5CC(CC(C5)C3)C4)n2)c[nH]1. The number of nitrogens with one attached hydrogen (secondary N) is 2. The minimum absolute atomic E-state index is 0.154. The highest BCUT2D eigenvalue weighted by Gasteiger charge is 2.56. The van der Waals surface area contributed by atoms with Gasteiger partial charge in [0.15, 0.2) is 5.13 Å². The smallest absolute Gasteiger partial charge is 0.265 e. The van der Waals surface area contributed by atoms with Crippen LogP contribution in [-0.2, 0) is 9.59 Å². The molecule has 2 aromatic heterocycles. The number of carbonyl (C=O) groups excluding carboxylic acids is 3. The highest BCUT2D eigenvalue weighted by atomic mass is 32.1. The van der Waals surface area contributed by atoms with E-state index in [1.807, 2.05) is 10.3 Å². The number of hydrogen-bond donors (Lipinski definition) is 3. The summed E-state index contributed by atoms with van der Waals surface area (Å²) in [5.41, 5.74) is 6.79. The lowest BCUT2D eigenvalue weighted by Gasteiger charge is -2.56. The summed E-state index contributed by atoms with van der Waals surface area (Å²) in [7, 11) is 0. The third-order valence-corrected chi connectivity index (χ3v) is 9.04. The number of thiazole rings is 1. The summed E-state index contributed by atoms with van der Waals surface area (Å²) >= 11 is 1.33. The van der Waals surface area contributed by atoms with E-state index in [0.29, 0.717) is 47.2 Å². The molecule has 1 atom stereocenters. The second-order valence-corrected chi connectivity index (χ2v) is 11.4. The first kappa shape index (κ1) is 20.9. The predicted molar refractivity (Wildman–Crippen MR) is 124 cm³/mol. The van der Waals surface area contributed by atoms with Gasteiger partial charge in [-0.1, -0.05) is 0 Å². The van der Waals surface area contributed by atoms with Crippen LogP contribution in [-0.4, -0.2) is 45.2 Å². The lowest BCUT2D eigenvalue weighted by Crippen LogP contribution is -2.56. The number of anilines is 1. The molecular weight excluding hydrogens is 438 g/mol. The number of hydrogen-bond acceptors (Lipinski definition) is 5. The van der Waals surface area contributed by atoms with E-state index in [9.17, 15) is 14.4 Å². The second kappa shape index (κ2) is 7.68. The van der Waals surface area contributed by atoms with Gasteiger partial charge in [-0.05, 0) is 75.2 Å². The molecular formula is C24H29N5O3S. The van der Waals surface area contributed by atoms with E-state index in [-0.39, 0.29) is 17.2 Å². The van der Waals surface area contributed by atoms with Gasteiger partial charge in [0.1, 0.15) is 11.7 Å². The summed E-state index contributed by atoms with van der Waals surface area (Å²) in [6, 6.07) is 1.22. The molecule has 1 unspecified atom stereocenters. The van der Waals surface area contributed by atoms with Gasteiger partial charge in [0.2, 0.25) is 11.8 Å². The Morgan fingerprint density at radius 3 is 2.48 bits per heavy atom. The van der Waals surface area contributed by atoms with Gasteiger partial charge in [-0.15, -0.1) is 11.3 Å². The van der Waals surface area contributed by atoms with Gasteiger partial charge in [0.25, 0.3) is 5.91 Å². The zero-order valence-electron chi connectivity index (χ0n) is 18.5. The molecule has 7 rings (SSSR count). The van der Waals surface area contributed by atoms with E-state index in [2.05, 4.69) is 15.3 Å². The molecule has 2 aromatic rings. The molecule has 3 heterocycles. The van der Waals surface area contributed by atoms with E-state index in [1.54, 1.807) is 12.3 Å². The number of primary amides is 1. The van der Waals surface area contributed by atoms with Crippen molar-refractivity contribution in [2.24, 2.45) is 28.9 Å². The summed E-state index contributed by atoms with van der Waals surface area (Å²) in [4.78, 5) is 47.5. The average Bonchev–Trinajstić information content (AvgIpc) is 3.52. The van der Waals surface area contributed by atoms with Crippen molar-refractivity contribution in [3.8, 4) is 11.3 Å². The number of likely N-dealkylation sites (tertiary alicyclic amines) is 1. The van der Waals surface area contributed by atoms with Crippen LogP contribution < -0.4 is 11.1 Å². The maximum Gasteiger partial charge on any atom is 0.265 e. The summed E-state index contributed by atoms with van der Waals surface area (Å²) in [5, 5.41) is 5.26. The monoisotopic (exact) mass is 467 g/mol. The van der Waals surface area contributed by atoms with Crippen molar-refractivity contribution >= 4 is 34.2 Å². The molecule has 8 nitrogen and oxygen atoms in total. The van der Waals surface area contributed by atoms with Crippen molar-refractivity contribution in [1.82, 2.24) is 14.9 Å². The lowest BCUT2D eigenvalue weighted by molar-refractivity contribution is -0.160. The maximum absolute atomic E-state index is 13.8. The molecule has 4 bridgehead atoms. The molecule has 5 fully saturated rings. The van der Waals surface area contributed by atoms with Gasteiger partial charge in [0, 0.05) is 23.7 Å². The Kier molecular flexibility index (Phi) is 4.87. The second-order valence-electron chi connectivity index (χ2n) is 10.5. The maximum atomic E-state index is 13.8. The topological polar surface area (TPSA) is 121 Å². The highest BCUT2D eigenvalue weighted by Crippen LogP contribution is 2.60. The molecule has 1 aliphatic heterocycles. The van der Waals surface area contributed by atoms with Crippen LogP contribution in [0.5, 0.6) is 0 Å². The Morgan fingerprint density at radius 2 is 1.85 bits per heavy atom. The fourth-order valence-corrected chi connectivity index (χ4v) is 8.02. The van der Waals surface area contributed by atoms with Gasteiger partial charge in [-0.25, -0.2) is 4.98 Å². The number of rotatable bonds is 5. The Labute approximate surface area is 196 Å². The van der Waals surface area contributed by atoms with E-state index in [4.69, 9.17) is 5.73 Å². The molecule has 3 amide bonds. The van der Waals surface area contributed by atoms with Crippen LogP contribution in [0.1, 0.15) is 61.9 Å². The van der Waals surface area contributed by atoms with Crippen molar-refractivity contribution < 1.29 is 14.4 Å². The molecule has 174 valence electrons. The van der Waals surface area contributed by atoms with Crippen LogP contribution >= 0.6 is 11.3 Å². The number of H-pyrrole nitrogens is 1. The van der Waals surface area contributed by atoms with E-state index >= 15 is 0 Å². The average molecular weight is 468 g/mol. The van der Waals surface area contributed by atoms with Crippen LogP contribution in [0.2, 0.25) is 0 Å². The number of nitrogens with zero attached hydrogens (tertiary/aromatic N) is 2. The van der Waals surface area contributed by atoms with Crippen molar-refractivity contribution in [1.29, 1.82) is 0 Å². The summed E-state index contributed by atoms with van der Waals surface area (Å²) in [5.74, 6) is 1.64. The zero-order valence-corrected chi connectivity index (χ0v) is 19.3. The molecule has 33 heavy (non-hydrogen) atoms. The molecule has 0 radical (unpaired) electrons. The van der Waals surface area contributed by atoms with E-state index < -0.39 is 11.9 Å². The van der Waals surface area contributed by atoms with Gasteiger partial charge in [0.05, 0.1) is 11.1 Å². The van der Waals surface area contributed by atoms with Gasteiger partial charge in [-0.3, -0.25) is 14.4 Å². The van der Waals surface area contributed by atoms with Crippen LogP contribution in [0.15, 0.2) is 17.6 Å². The van der Waals surface area contributed by atoms with E-state index in [1.165, 1.54) is 30.6 Å². The number of carbonyl (C=O) groups is 3. The normalized spacial score (nSPS) is 32.3. The summed E-state index contributed by atoms with van der Waals surface area (Å²) in [6.45, 7) is 0.668. The van der Waals surface area contributed by atoms with Gasteiger partial charge < -0.3 is 20.9 Å². The minimum atomic E-state index is -0.532. The van der Waals surface area contributed by atoms with Crippen molar-refractivity contribution in [2.45, 2.75) is 57.4 Å². The number of amides is 3. The predicted octanol–water partition coefficient (Wildman–Crippen LogP) is 3.38. The largest absolute Gasteiger partial charge is 0.364 e. The molecule has 4 aliphatic carbocycles. The molecule has 0 aromatic carbocycles. The number of nitrogens with two attached hydrogens (primary N) is 1. The standard InChI is InChI=1S/C24H29N5O3S/c25-20(30)17-7-16(11-26-17)18-12-33-23(27-18)28-21(31)19-2-1-3-29(19)22(32)24-8-13-4-14(9-24)6-15(5-13)10-24/h7,11-15,19,26H,1-6,8-10H2,(H2,25,30)(H,27,28,31). The van der Waals surface area contributed by atoms with Crippen LogP contribution in [0.25, 0.3) is 11.3 Å². The first-order chi connectivity index (χ1) is 15.9. The van der Waals surface area contributed by atoms with Crippen molar-refractivity contribution in [3.63, 3.8) is 0 Å². The first-order valence-corrected chi connectivity index (χ1v) is 12.8. The van der Waals surface area contributed by atoms with Crippen LogP contribution in [0.3, 0.4) is 0 Å². The summed E-state index contributed by atoms with van der Waals surface area (Å²) < 4.78 is 0. The van der Waals surface area contributed by atoms with Crippen LogP contribution in [0, 0.1) is 23.2 Å². The van der Waals surface area contributed by atoms with Crippen LogP contribution in [0.4, 0.5) is 5.13 Å². The summed E-state index contributed by atoms with van der Waals surface area (Å²) in [6.07, 6.45) is 10.2. The number of aromatic amines is 1. The quantitative estimate of drug-likeness (QED) is 0.624. The molecule has 9 heteroatoms. The van der Waals surface area contributed by atoms with Gasteiger partial charge in [-0.2, -0.15) is 0 Å². The fourth-order valence-electron chi connectivity index (χ4n) is 7.30. The lowest BCUT2D eigenvalue weighted by atomic mass is 9.49. The Balaban J connectivity index is 1.15. The molecule has 5 aliphatic rings. The molecule has 4 N–H and O–H groups in total. The fraction of sp³-hybridized carbons (Fsp3) is 0.583. The van der Waals surface area contributed by atoms with E-state index in [0.717, 1.165) is 31.2 Å². The van der Waals surface area contributed by atoms with Gasteiger partial charge >= 0.3 is 0 Å². The Morgan fingerprint density at radius 1 is 1.15 bits per heavy atom. The highest BCUT2D eigenvalue weighted by molar-refractivity contribution is 7.14. The number of aromatic nitrogens is 2. The van der Waals surface area contributed by atoms with Crippen molar-refractivity contribution in [2.75, 3.05) is 11.9 Å². The third-order valence-electron chi connectivity index (χ3n) is 8.29. The molecule has 1 saturated heterocycles. The molecule has 0 spiro atoms. The minimum Gasteiger partial charge on any atom is -0.364 e. The first-order valence-electron chi connectivity index (χ1n) is 12.0. The Bertz CT molecular complexity index is 1090.